The maximum Gasteiger partial charge on any atom is 0.179 e. The summed E-state index contributed by atoms with van der Waals surface area (Å²) in [5, 5.41) is 0.630. The van der Waals surface area contributed by atoms with Gasteiger partial charge < -0.3 is 15.2 Å². The van der Waals surface area contributed by atoms with Gasteiger partial charge in [-0.05, 0) is 37.0 Å². The third kappa shape index (κ3) is 3.05. The standard InChI is InChI=1S/C13H20ClNO2/c1-5-10-9(6-8(2)15)7-11(16-3)13(17-4)12(10)14/h7-8H,5-6,15H2,1-4H3. The Morgan fingerprint density at radius 1 is 1.35 bits per heavy atom. The molecule has 1 rings (SSSR count). The molecular formula is C13H20ClNO2. The van der Waals surface area contributed by atoms with E-state index in [0.717, 1.165) is 24.0 Å². The van der Waals surface area contributed by atoms with Gasteiger partial charge in [-0.3, -0.25) is 0 Å². The van der Waals surface area contributed by atoms with Crippen molar-refractivity contribution in [1.29, 1.82) is 0 Å². The minimum absolute atomic E-state index is 0.0921. The topological polar surface area (TPSA) is 44.5 Å². The Morgan fingerprint density at radius 3 is 2.41 bits per heavy atom. The van der Waals surface area contributed by atoms with Crippen LogP contribution in [0.4, 0.5) is 0 Å². The summed E-state index contributed by atoms with van der Waals surface area (Å²) in [6.45, 7) is 4.04. The highest BCUT2D eigenvalue weighted by Crippen LogP contribution is 2.40. The first kappa shape index (κ1) is 14.1. The van der Waals surface area contributed by atoms with E-state index in [0.29, 0.717) is 16.5 Å². The summed E-state index contributed by atoms with van der Waals surface area (Å²) >= 11 is 6.34. The van der Waals surface area contributed by atoms with Gasteiger partial charge in [-0.15, -0.1) is 0 Å². The van der Waals surface area contributed by atoms with E-state index in [4.69, 9.17) is 26.8 Å². The number of hydrogen-bond donors (Lipinski definition) is 1. The second kappa shape index (κ2) is 6.12. The fourth-order valence-corrected chi connectivity index (χ4v) is 2.38. The monoisotopic (exact) mass is 257 g/mol. The van der Waals surface area contributed by atoms with Crippen molar-refractivity contribution in [3.63, 3.8) is 0 Å². The minimum Gasteiger partial charge on any atom is -0.493 e. The molecule has 4 heteroatoms. The normalized spacial score (nSPS) is 12.4. The van der Waals surface area contributed by atoms with E-state index >= 15 is 0 Å². The van der Waals surface area contributed by atoms with Crippen molar-refractivity contribution < 1.29 is 9.47 Å². The molecule has 0 saturated carbocycles. The zero-order valence-corrected chi connectivity index (χ0v) is 11.6. The molecule has 96 valence electrons. The van der Waals surface area contributed by atoms with Crippen LogP contribution in [0, 0.1) is 0 Å². The van der Waals surface area contributed by atoms with Gasteiger partial charge in [0.25, 0.3) is 0 Å². The van der Waals surface area contributed by atoms with Gasteiger partial charge in [-0.2, -0.15) is 0 Å². The molecule has 0 saturated heterocycles. The Labute approximate surface area is 108 Å². The molecule has 0 heterocycles. The molecular weight excluding hydrogens is 238 g/mol. The van der Waals surface area contributed by atoms with Crippen LogP contribution in [0.15, 0.2) is 6.07 Å². The van der Waals surface area contributed by atoms with Crippen LogP contribution in [0.5, 0.6) is 11.5 Å². The van der Waals surface area contributed by atoms with Gasteiger partial charge >= 0.3 is 0 Å². The second-order valence-electron chi connectivity index (χ2n) is 4.10. The van der Waals surface area contributed by atoms with Gasteiger partial charge in [-0.1, -0.05) is 18.5 Å². The lowest BCUT2D eigenvalue weighted by atomic mass is 9.98. The van der Waals surface area contributed by atoms with Crippen LogP contribution < -0.4 is 15.2 Å². The quantitative estimate of drug-likeness (QED) is 0.882. The molecule has 2 N–H and O–H groups in total. The van der Waals surface area contributed by atoms with E-state index in [-0.39, 0.29) is 6.04 Å². The van der Waals surface area contributed by atoms with Gasteiger partial charge in [0.15, 0.2) is 11.5 Å². The van der Waals surface area contributed by atoms with Gasteiger partial charge in [0.2, 0.25) is 0 Å². The molecule has 0 amide bonds. The van der Waals surface area contributed by atoms with Crippen molar-refractivity contribution in [3.8, 4) is 11.5 Å². The molecule has 0 spiro atoms. The molecule has 0 fully saturated rings. The van der Waals surface area contributed by atoms with Gasteiger partial charge in [0.1, 0.15) is 0 Å². The first-order valence-corrected chi connectivity index (χ1v) is 6.10. The number of rotatable bonds is 5. The number of halogens is 1. The molecule has 0 bridgehead atoms. The Balaban J connectivity index is 3.34. The van der Waals surface area contributed by atoms with Crippen LogP contribution in [-0.2, 0) is 12.8 Å². The summed E-state index contributed by atoms with van der Waals surface area (Å²) in [7, 11) is 3.20. The number of nitrogens with two attached hydrogens (primary N) is 1. The SMILES string of the molecule is CCc1c(CC(C)N)cc(OC)c(OC)c1Cl. The van der Waals surface area contributed by atoms with Crippen molar-refractivity contribution in [3.05, 3.63) is 22.2 Å². The van der Waals surface area contributed by atoms with E-state index in [1.54, 1.807) is 14.2 Å². The lowest BCUT2D eigenvalue weighted by Gasteiger charge is -2.17. The van der Waals surface area contributed by atoms with Crippen LogP contribution in [0.1, 0.15) is 25.0 Å². The Kier molecular flexibility index (Phi) is 5.09. The summed E-state index contributed by atoms with van der Waals surface area (Å²) < 4.78 is 10.6. The third-order valence-corrected chi connectivity index (χ3v) is 3.10. The summed E-state index contributed by atoms with van der Waals surface area (Å²) in [5.41, 5.74) is 8.06. The fourth-order valence-electron chi connectivity index (χ4n) is 1.95. The zero-order chi connectivity index (χ0) is 13.0. The second-order valence-corrected chi connectivity index (χ2v) is 4.48. The Bertz CT molecular complexity index is 391. The highest BCUT2D eigenvalue weighted by Gasteiger charge is 2.17. The summed E-state index contributed by atoms with van der Waals surface area (Å²) in [6.07, 6.45) is 1.63. The molecule has 0 aliphatic carbocycles. The average Bonchev–Trinajstić information content (AvgIpc) is 2.28. The lowest BCUT2D eigenvalue weighted by Crippen LogP contribution is -2.19. The molecule has 0 aromatic heterocycles. The Morgan fingerprint density at radius 2 is 2.00 bits per heavy atom. The van der Waals surface area contributed by atoms with Crippen LogP contribution in [-0.4, -0.2) is 20.3 Å². The number of hydrogen-bond acceptors (Lipinski definition) is 3. The molecule has 1 aromatic rings. The molecule has 17 heavy (non-hydrogen) atoms. The Hall–Kier alpha value is -0.930. The molecule has 0 radical (unpaired) electrons. The van der Waals surface area contributed by atoms with E-state index in [1.807, 2.05) is 13.0 Å². The van der Waals surface area contributed by atoms with E-state index < -0.39 is 0 Å². The van der Waals surface area contributed by atoms with Crippen LogP contribution >= 0.6 is 11.6 Å². The highest BCUT2D eigenvalue weighted by atomic mass is 35.5. The molecule has 1 unspecified atom stereocenters. The first-order chi connectivity index (χ1) is 8.04. The van der Waals surface area contributed by atoms with Gasteiger partial charge in [0, 0.05) is 6.04 Å². The first-order valence-electron chi connectivity index (χ1n) is 5.72. The lowest BCUT2D eigenvalue weighted by molar-refractivity contribution is 0.354. The summed E-state index contributed by atoms with van der Waals surface area (Å²) in [4.78, 5) is 0. The predicted octanol–water partition coefficient (Wildman–Crippen LogP) is 2.81. The van der Waals surface area contributed by atoms with E-state index in [9.17, 15) is 0 Å². The minimum atomic E-state index is 0.0921. The zero-order valence-electron chi connectivity index (χ0n) is 10.8. The molecule has 3 nitrogen and oxygen atoms in total. The average molecular weight is 258 g/mol. The van der Waals surface area contributed by atoms with E-state index in [1.165, 1.54) is 0 Å². The highest BCUT2D eigenvalue weighted by molar-refractivity contribution is 6.33. The van der Waals surface area contributed by atoms with Gasteiger partial charge in [-0.25, -0.2) is 0 Å². The largest absolute Gasteiger partial charge is 0.493 e. The van der Waals surface area contributed by atoms with Crippen molar-refractivity contribution in [2.45, 2.75) is 32.7 Å². The van der Waals surface area contributed by atoms with Crippen molar-refractivity contribution in [2.24, 2.45) is 5.73 Å². The predicted molar refractivity (Wildman–Crippen MR) is 71.3 cm³/mol. The number of ether oxygens (including phenoxy) is 2. The number of benzene rings is 1. The van der Waals surface area contributed by atoms with E-state index in [2.05, 4.69) is 6.92 Å². The van der Waals surface area contributed by atoms with Crippen molar-refractivity contribution in [1.82, 2.24) is 0 Å². The third-order valence-electron chi connectivity index (χ3n) is 2.70. The fraction of sp³-hybridized carbons (Fsp3) is 0.538. The molecule has 0 aliphatic rings. The number of methoxy groups -OCH3 is 2. The molecule has 1 atom stereocenters. The smallest absolute Gasteiger partial charge is 0.179 e. The molecule has 1 aromatic carbocycles. The maximum atomic E-state index is 6.34. The van der Waals surface area contributed by atoms with Crippen molar-refractivity contribution in [2.75, 3.05) is 14.2 Å². The van der Waals surface area contributed by atoms with Crippen LogP contribution in [0.3, 0.4) is 0 Å². The maximum absolute atomic E-state index is 6.34. The van der Waals surface area contributed by atoms with Gasteiger partial charge in [0.05, 0.1) is 19.2 Å². The molecule has 0 aliphatic heterocycles. The summed E-state index contributed by atoms with van der Waals surface area (Å²) in [6, 6.07) is 2.06. The van der Waals surface area contributed by atoms with Crippen LogP contribution in [0.2, 0.25) is 5.02 Å². The summed E-state index contributed by atoms with van der Waals surface area (Å²) in [5.74, 6) is 1.25. The van der Waals surface area contributed by atoms with Crippen molar-refractivity contribution >= 4 is 11.6 Å². The van der Waals surface area contributed by atoms with Crippen LogP contribution in [0.25, 0.3) is 0 Å².